The molecule has 0 atom stereocenters. The number of amides is 2. The predicted molar refractivity (Wildman–Crippen MR) is 135 cm³/mol. The Hall–Kier alpha value is -2.75. The number of rotatable bonds is 13. The second-order valence-corrected chi connectivity index (χ2v) is 9.42. The first-order valence-corrected chi connectivity index (χ1v) is 13.0. The second-order valence-electron chi connectivity index (χ2n) is 8.39. The van der Waals surface area contributed by atoms with Crippen LogP contribution in [0.5, 0.6) is 0 Å². The molecule has 35 heavy (non-hydrogen) atoms. The maximum absolute atomic E-state index is 13.5. The highest BCUT2D eigenvalue weighted by molar-refractivity contribution is 7.09. The number of ether oxygens (including phenoxy) is 2. The molecule has 1 aromatic carbocycles. The number of carbonyl (C=O) groups is 3. The maximum Gasteiger partial charge on any atom is 0.306 e. The van der Waals surface area contributed by atoms with Gasteiger partial charge in [-0.05, 0) is 23.9 Å². The third-order valence-corrected chi connectivity index (χ3v) is 6.67. The Labute approximate surface area is 211 Å². The highest BCUT2D eigenvalue weighted by Crippen LogP contribution is 2.15. The van der Waals surface area contributed by atoms with Crippen molar-refractivity contribution in [3.05, 3.63) is 58.3 Å². The van der Waals surface area contributed by atoms with Crippen LogP contribution in [-0.4, -0.2) is 85.0 Å². The van der Waals surface area contributed by atoms with Gasteiger partial charge in [-0.3, -0.25) is 19.3 Å². The Balaban J connectivity index is 1.68. The van der Waals surface area contributed by atoms with E-state index >= 15 is 0 Å². The lowest BCUT2D eigenvalue weighted by atomic mass is 10.2. The number of hydrogen-bond acceptors (Lipinski definition) is 7. The summed E-state index contributed by atoms with van der Waals surface area (Å²) in [6, 6.07) is 13.8. The molecular formula is C26H35N3O5S. The van der Waals surface area contributed by atoms with E-state index in [1.54, 1.807) is 28.1 Å². The molecule has 1 aliphatic rings. The normalized spacial score (nSPS) is 13.9. The Morgan fingerprint density at radius 2 is 1.74 bits per heavy atom. The van der Waals surface area contributed by atoms with E-state index in [4.69, 9.17) is 9.47 Å². The largest absolute Gasteiger partial charge is 0.466 e. The minimum atomic E-state index is -0.399. The van der Waals surface area contributed by atoms with Gasteiger partial charge in [0, 0.05) is 44.0 Å². The zero-order chi connectivity index (χ0) is 24.9. The van der Waals surface area contributed by atoms with Gasteiger partial charge in [0.2, 0.25) is 11.8 Å². The van der Waals surface area contributed by atoms with Gasteiger partial charge in [-0.1, -0.05) is 36.4 Å². The van der Waals surface area contributed by atoms with Crippen LogP contribution in [0.3, 0.4) is 0 Å². The van der Waals surface area contributed by atoms with E-state index in [9.17, 15) is 14.4 Å². The number of benzene rings is 1. The van der Waals surface area contributed by atoms with Gasteiger partial charge in [-0.2, -0.15) is 0 Å². The molecular weight excluding hydrogens is 466 g/mol. The first-order valence-electron chi connectivity index (χ1n) is 12.1. The van der Waals surface area contributed by atoms with E-state index in [-0.39, 0.29) is 37.8 Å². The number of hydrogen-bond donors (Lipinski definition) is 0. The Bertz CT molecular complexity index is 916. The number of esters is 1. The summed E-state index contributed by atoms with van der Waals surface area (Å²) < 4.78 is 10.4. The van der Waals surface area contributed by atoms with Gasteiger partial charge in [0.1, 0.15) is 0 Å². The summed E-state index contributed by atoms with van der Waals surface area (Å²) in [5.41, 5.74) is 1.03. The summed E-state index contributed by atoms with van der Waals surface area (Å²) in [4.78, 5) is 45.0. The van der Waals surface area contributed by atoms with E-state index in [2.05, 4.69) is 4.90 Å². The topological polar surface area (TPSA) is 79.4 Å². The molecule has 3 rings (SSSR count). The van der Waals surface area contributed by atoms with Gasteiger partial charge < -0.3 is 19.3 Å². The highest BCUT2D eigenvalue weighted by atomic mass is 32.1. The summed E-state index contributed by atoms with van der Waals surface area (Å²) in [7, 11) is 0. The fraction of sp³-hybridized carbons (Fsp3) is 0.500. The van der Waals surface area contributed by atoms with Gasteiger partial charge in [0.15, 0.2) is 0 Å². The SMILES string of the molecule is CCOC(=O)CCC(=O)N(CCN1CCOCC1)CC(=O)N(Cc1ccccc1)Cc1cccs1. The fourth-order valence-corrected chi connectivity index (χ4v) is 4.59. The van der Waals surface area contributed by atoms with Crippen LogP contribution in [0, 0.1) is 0 Å². The quantitative estimate of drug-likeness (QED) is 0.393. The molecule has 0 aliphatic carbocycles. The number of thiophene rings is 1. The van der Waals surface area contributed by atoms with Gasteiger partial charge in [-0.15, -0.1) is 11.3 Å². The summed E-state index contributed by atoms with van der Waals surface area (Å²) in [6.45, 7) is 6.97. The van der Waals surface area contributed by atoms with E-state index in [1.165, 1.54) is 0 Å². The van der Waals surface area contributed by atoms with Crippen molar-refractivity contribution >= 4 is 29.1 Å². The zero-order valence-electron chi connectivity index (χ0n) is 20.4. The molecule has 1 saturated heterocycles. The molecule has 0 unspecified atom stereocenters. The van der Waals surface area contributed by atoms with Gasteiger partial charge in [0.25, 0.3) is 0 Å². The van der Waals surface area contributed by atoms with Crippen molar-refractivity contribution in [2.24, 2.45) is 0 Å². The second kappa shape index (κ2) is 14.6. The predicted octanol–water partition coefficient (Wildman–Crippen LogP) is 2.78. The molecule has 2 heterocycles. The molecule has 0 spiro atoms. The summed E-state index contributed by atoms with van der Waals surface area (Å²) in [5, 5.41) is 1.99. The maximum atomic E-state index is 13.5. The summed E-state index contributed by atoms with van der Waals surface area (Å²) in [6.07, 6.45) is 0.0384. The van der Waals surface area contributed by atoms with Gasteiger partial charge in [-0.25, -0.2) is 0 Å². The number of carbonyl (C=O) groups excluding carboxylic acids is 3. The fourth-order valence-electron chi connectivity index (χ4n) is 3.87. The van der Waals surface area contributed by atoms with E-state index in [0.29, 0.717) is 39.4 Å². The third kappa shape index (κ3) is 9.43. The zero-order valence-corrected chi connectivity index (χ0v) is 21.2. The molecule has 2 amide bonds. The minimum Gasteiger partial charge on any atom is -0.466 e. The summed E-state index contributed by atoms with van der Waals surface area (Å²) in [5.74, 6) is -0.729. The molecule has 0 N–H and O–H groups in total. The van der Waals surface area contributed by atoms with Crippen molar-refractivity contribution in [1.29, 1.82) is 0 Å². The molecule has 0 radical (unpaired) electrons. The third-order valence-electron chi connectivity index (χ3n) is 5.81. The first kappa shape index (κ1) is 26.8. The lowest BCUT2D eigenvalue weighted by molar-refractivity contribution is -0.146. The van der Waals surface area contributed by atoms with Crippen LogP contribution in [-0.2, 0) is 36.9 Å². The van der Waals surface area contributed by atoms with E-state index in [1.807, 2.05) is 47.8 Å². The molecule has 1 aromatic heterocycles. The molecule has 190 valence electrons. The Kier molecular flexibility index (Phi) is 11.2. The first-order chi connectivity index (χ1) is 17.0. The van der Waals surface area contributed by atoms with Crippen LogP contribution in [0.4, 0.5) is 0 Å². The number of nitrogens with zero attached hydrogens (tertiary/aromatic N) is 3. The number of morpholine rings is 1. The average molecular weight is 502 g/mol. The highest BCUT2D eigenvalue weighted by Gasteiger charge is 2.24. The molecule has 0 bridgehead atoms. The van der Waals surface area contributed by atoms with E-state index < -0.39 is 5.97 Å². The van der Waals surface area contributed by atoms with Crippen LogP contribution in [0.15, 0.2) is 47.8 Å². The van der Waals surface area contributed by atoms with Crippen molar-refractivity contribution in [1.82, 2.24) is 14.7 Å². The minimum absolute atomic E-state index is 0.0117. The standard InChI is InChI=1S/C26H35N3O5S/c1-2-34-26(32)11-10-24(30)28(13-12-27-14-16-33-17-15-27)21-25(31)29(20-23-9-6-18-35-23)19-22-7-4-3-5-8-22/h3-9,18H,2,10-17,19-21H2,1H3. The van der Waals surface area contributed by atoms with Crippen LogP contribution < -0.4 is 0 Å². The lowest BCUT2D eigenvalue weighted by Crippen LogP contribution is -2.47. The van der Waals surface area contributed by atoms with Gasteiger partial charge in [0.05, 0.1) is 39.3 Å². The molecule has 8 nitrogen and oxygen atoms in total. The van der Waals surface area contributed by atoms with Crippen molar-refractivity contribution < 1.29 is 23.9 Å². The van der Waals surface area contributed by atoms with E-state index in [0.717, 1.165) is 23.5 Å². The Morgan fingerprint density at radius 1 is 0.971 bits per heavy atom. The van der Waals surface area contributed by atoms with Crippen molar-refractivity contribution in [3.63, 3.8) is 0 Å². The van der Waals surface area contributed by atoms with Gasteiger partial charge >= 0.3 is 5.97 Å². The van der Waals surface area contributed by atoms with Crippen LogP contribution in [0.25, 0.3) is 0 Å². The smallest absolute Gasteiger partial charge is 0.306 e. The van der Waals surface area contributed by atoms with Crippen molar-refractivity contribution in [2.75, 3.05) is 52.5 Å². The molecule has 0 saturated carbocycles. The summed E-state index contributed by atoms with van der Waals surface area (Å²) >= 11 is 1.61. The average Bonchev–Trinajstić information content (AvgIpc) is 3.39. The molecule has 1 aliphatic heterocycles. The van der Waals surface area contributed by atoms with Crippen molar-refractivity contribution in [2.45, 2.75) is 32.9 Å². The monoisotopic (exact) mass is 501 g/mol. The molecule has 1 fully saturated rings. The Morgan fingerprint density at radius 3 is 2.43 bits per heavy atom. The molecule has 2 aromatic rings. The van der Waals surface area contributed by atoms with Crippen LogP contribution in [0.2, 0.25) is 0 Å². The van der Waals surface area contributed by atoms with Crippen LogP contribution >= 0.6 is 11.3 Å². The van der Waals surface area contributed by atoms with Crippen molar-refractivity contribution in [3.8, 4) is 0 Å². The lowest BCUT2D eigenvalue weighted by Gasteiger charge is -2.31. The van der Waals surface area contributed by atoms with Crippen LogP contribution in [0.1, 0.15) is 30.2 Å². The molecule has 9 heteroatoms.